The average molecular weight is 352 g/mol. The first-order chi connectivity index (χ1) is 9.81. The molecule has 7 heteroatoms. The van der Waals surface area contributed by atoms with Crippen LogP contribution < -0.4 is 4.74 Å². The van der Waals surface area contributed by atoms with E-state index in [0.29, 0.717) is 24.3 Å². The minimum absolute atomic E-state index is 0.0719. The Morgan fingerprint density at radius 3 is 2.14 bits per heavy atom. The monoisotopic (exact) mass is 350 g/mol. The van der Waals surface area contributed by atoms with Gasteiger partial charge in [0.2, 0.25) is 0 Å². The van der Waals surface area contributed by atoms with E-state index in [1.165, 1.54) is 12.1 Å². The second kappa shape index (κ2) is 8.27. The van der Waals surface area contributed by atoms with E-state index in [-0.39, 0.29) is 27.8 Å². The van der Waals surface area contributed by atoms with Crippen molar-refractivity contribution in [3.05, 3.63) is 39.4 Å². The number of halogens is 3. The zero-order valence-electron chi connectivity index (χ0n) is 11.0. The largest absolute Gasteiger partial charge is 0.478 e. The molecule has 0 saturated heterocycles. The number of carbonyl (C=O) groups excluding carboxylic acids is 1. The topological polar surface area (TPSA) is 63.6 Å². The Labute approximate surface area is 137 Å². The van der Waals surface area contributed by atoms with Crippen LogP contribution in [0.15, 0.2) is 24.3 Å². The third-order valence-corrected chi connectivity index (χ3v) is 3.37. The van der Waals surface area contributed by atoms with Gasteiger partial charge in [0.15, 0.2) is 5.75 Å². The molecule has 0 fully saturated rings. The van der Waals surface area contributed by atoms with Crippen LogP contribution in [0.25, 0.3) is 0 Å². The van der Waals surface area contributed by atoms with Crippen molar-refractivity contribution in [3.63, 3.8) is 0 Å². The Hall–Kier alpha value is -1.23. The molecule has 0 unspecified atom stereocenters. The molecule has 0 amide bonds. The van der Waals surface area contributed by atoms with E-state index in [2.05, 4.69) is 6.58 Å². The van der Waals surface area contributed by atoms with Crippen LogP contribution in [-0.4, -0.2) is 17.0 Å². The molecule has 0 aromatic heterocycles. The Morgan fingerprint density at radius 2 is 1.62 bits per heavy atom. The minimum atomic E-state index is -1.03. The van der Waals surface area contributed by atoms with Crippen molar-refractivity contribution in [1.29, 1.82) is 0 Å². The fraction of sp³-hybridized carbons (Fsp3) is 0.286. The molecule has 0 spiro atoms. The molecule has 0 aliphatic heterocycles. The quantitative estimate of drug-likeness (QED) is 0.333. The number of carboxylic acid groups (broad SMARTS) is 1. The molecule has 0 saturated carbocycles. The summed E-state index contributed by atoms with van der Waals surface area (Å²) >= 11 is 17.5. The number of carboxylic acids is 1. The van der Waals surface area contributed by atoms with Gasteiger partial charge in [-0.15, -0.1) is 0 Å². The van der Waals surface area contributed by atoms with Crippen molar-refractivity contribution >= 4 is 46.7 Å². The van der Waals surface area contributed by atoms with E-state index in [1.54, 1.807) is 0 Å². The zero-order valence-corrected chi connectivity index (χ0v) is 13.3. The van der Waals surface area contributed by atoms with Gasteiger partial charge in [-0.3, -0.25) is 4.79 Å². The number of esters is 1. The normalized spacial score (nSPS) is 10.2. The van der Waals surface area contributed by atoms with Crippen molar-refractivity contribution < 1.29 is 19.4 Å². The summed E-state index contributed by atoms with van der Waals surface area (Å²) in [5, 5.41) is 9.29. The minimum Gasteiger partial charge on any atom is -0.478 e. The third-order valence-electron chi connectivity index (χ3n) is 2.59. The van der Waals surface area contributed by atoms with Gasteiger partial charge in [-0.1, -0.05) is 41.4 Å². The average Bonchev–Trinajstić information content (AvgIpc) is 2.38. The number of hydrogen-bond acceptors (Lipinski definition) is 3. The Bertz CT molecular complexity index is 546. The summed E-state index contributed by atoms with van der Waals surface area (Å²) in [6.07, 6.45) is 1.46. The maximum Gasteiger partial charge on any atom is 0.330 e. The molecule has 1 N–H and O–H groups in total. The highest BCUT2D eigenvalue weighted by molar-refractivity contribution is 6.40. The van der Waals surface area contributed by atoms with Crippen LogP contribution in [0.2, 0.25) is 15.1 Å². The Morgan fingerprint density at radius 1 is 1.10 bits per heavy atom. The van der Waals surface area contributed by atoms with Crippen molar-refractivity contribution in [3.8, 4) is 5.75 Å². The molecule has 114 valence electrons. The van der Waals surface area contributed by atoms with Crippen LogP contribution in [0.1, 0.15) is 25.7 Å². The van der Waals surface area contributed by atoms with Gasteiger partial charge in [0.1, 0.15) is 0 Å². The predicted molar refractivity (Wildman–Crippen MR) is 82.4 cm³/mol. The zero-order chi connectivity index (χ0) is 16.0. The fourth-order valence-electron chi connectivity index (χ4n) is 1.51. The molecule has 4 nitrogen and oxygen atoms in total. The van der Waals surface area contributed by atoms with Gasteiger partial charge in [0.25, 0.3) is 0 Å². The maximum atomic E-state index is 11.7. The molecule has 1 rings (SSSR count). The lowest BCUT2D eigenvalue weighted by molar-refractivity contribution is -0.134. The van der Waals surface area contributed by atoms with Gasteiger partial charge in [-0.05, 0) is 31.4 Å². The number of aliphatic carboxylic acids is 1. The van der Waals surface area contributed by atoms with Crippen LogP contribution in [0.4, 0.5) is 0 Å². The van der Waals surface area contributed by atoms with Crippen molar-refractivity contribution in [2.75, 3.05) is 0 Å². The van der Waals surface area contributed by atoms with Crippen LogP contribution in [0.5, 0.6) is 5.75 Å². The molecule has 0 radical (unpaired) electrons. The lowest BCUT2D eigenvalue weighted by Gasteiger charge is -2.08. The smallest absolute Gasteiger partial charge is 0.330 e. The number of carbonyl (C=O) groups is 2. The molecule has 0 atom stereocenters. The predicted octanol–water partition coefficient (Wildman–Crippen LogP) is 4.75. The summed E-state index contributed by atoms with van der Waals surface area (Å²) in [5.74, 6) is -1.46. The van der Waals surface area contributed by atoms with E-state index >= 15 is 0 Å². The lowest BCUT2D eigenvalue weighted by atomic mass is 10.1. The molecule has 0 heterocycles. The second-order valence-corrected chi connectivity index (χ2v) is 5.54. The summed E-state index contributed by atoms with van der Waals surface area (Å²) in [7, 11) is 0. The van der Waals surface area contributed by atoms with Crippen LogP contribution in [0.3, 0.4) is 0 Å². The molecule has 0 bridgehead atoms. The highest BCUT2D eigenvalue weighted by Gasteiger charge is 2.13. The lowest BCUT2D eigenvalue weighted by Crippen LogP contribution is -2.08. The standard InChI is InChI=1S/C14H13Cl3O4/c1-8(14(19)20)4-2-3-5-12(18)21-13-10(16)6-9(15)7-11(13)17/h6-7H,1-5H2,(H,19,20). The van der Waals surface area contributed by atoms with Crippen molar-refractivity contribution in [2.24, 2.45) is 0 Å². The van der Waals surface area contributed by atoms with Gasteiger partial charge in [-0.25, -0.2) is 4.79 Å². The van der Waals surface area contributed by atoms with Crippen molar-refractivity contribution in [2.45, 2.75) is 25.7 Å². The molecule has 1 aromatic rings. The second-order valence-electron chi connectivity index (χ2n) is 4.29. The molecule has 1 aromatic carbocycles. The number of hydrogen-bond donors (Lipinski definition) is 1. The van der Waals surface area contributed by atoms with Gasteiger partial charge in [0, 0.05) is 17.0 Å². The first-order valence-corrected chi connectivity index (χ1v) is 7.21. The maximum absolute atomic E-state index is 11.7. The van der Waals surface area contributed by atoms with E-state index in [9.17, 15) is 9.59 Å². The molecular weight excluding hydrogens is 339 g/mol. The van der Waals surface area contributed by atoms with E-state index in [4.69, 9.17) is 44.6 Å². The summed E-state index contributed by atoms with van der Waals surface area (Å²) in [5.41, 5.74) is 0.118. The highest BCUT2D eigenvalue weighted by Crippen LogP contribution is 2.36. The highest BCUT2D eigenvalue weighted by atomic mass is 35.5. The molecule has 0 aliphatic carbocycles. The summed E-state index contributed by atoms with van der Waals surface area (Å²) in [4.78, 5) is 22.2. The number of ether oxygens (including phenoxy) is 1. The van der Waals surface area contributed by atoms with Gasteiger partial charge < -0.3 is 9.84 Å². The summed E-state index contributed by atoms with van der Waals surface area (Å²) in [6.45, 7) is 3.41. The third kappa shape index (κ3) is 5.96. The van der Waals surface area contributed by atoms with Crippen LogP contribution in [0, 0.1) is 0 Å². The number of benzene rings is 1. The van der Waals surface area contributed by atoms with Gasteiger partial charge in [-0.2, -0.15) is 0 Å². The van der Waals surface area contributed by atoms with Crippen LogP contribution in [-0.2, 0) is 9.59 Å². The first kappa shape index (κ1) is 17.8. The number of rotatable bonds is 7. The molecule has 21 heavy (non-hydrogen) atoms. The van der Waals surface area contributed by atoms with Crippen LogP contribution >= 0.6 is 34.8 Å². The van der Waals surface area contributed by atoms with Gasteiger partial charge in [0.05, 0.1) is 10.0 Å². The SMILES string of the molecule is C=C(CCCCC(=O)Oc1c(Cl)cc(Cl)cc1Cl)C(=O)O. The summed E-state index contributed by atoms with van der Waals surface area (Å²) < 4.78 is 5.09. The number of unbranched alkanes of at least 4 members (excludes halogenated alkanes) is 1. The molecule has 0 aliphatic rings. The van der Waals surface area contributed by atoms with E-state index in [0.717, 1.165) is 0 Å². The van der Waals surface area contributed by atoms with Crippen molar-refractivity contribution in [1.82, 2.24) is 0 Å². The van der Waals surface area contributed by atoms with E-state index in [1.807, 2.05) is 0 Å². The summed E-state index contributed by atoms with van der Waals surface area (Å²) in [6, 6.07) is 2.85. The Kier molecular flexibility index (Phi) is 7.02. The molecular formula is C14H13Cl3O4. The first-order valence-electron chi connectivity index (χ1n) is 6.07. The van der Waals surface area contributed by atoms with Gasteiger partial charge >= 0.3 is 11.9 Å². The van der Waals surface area contributed by atoms with E-state index < -0.39 is 11.9 Å². The Balaban J connectivity index is 2.45. The fourth-order valence-corrected chi connectivity index (χ4v) is 2.40.